The molecule has 218 valence electrons. The lowest BCUT2D eigenvalue weighted by atomic mass is 9.86. The number of carbonyl (C=O) groups is 1. The van der Waals surface area contributed by atoms with Crippen molar-refractivity contribution in [1.29, 1.82) is 0 Å². The van der Waals surface area contributed by atoms with E-state index in [2.05, 4.69) is 4.98 Å². The number of alkyl halides is 3. The molecule has 1 heterocycles. The van der Waals surface area contributed by atoms with E-state index in [9.17, 15) is 28.2 Å². The number of benzene rings is 2. The lowest BCUT2D eigenvalue weighted by Gasteiger charge is -2.24. The second-order valence-corrected chi connectivity index (χ2v) is 10.5. The zero-order valence-corrected chi connectivity index (χ0v) is 23.6. The Morgan fingerprint density at radius 3 is 2.33 bits per heavy atom. The summed E-state index contributed by atoms with van der Waals surface area (Å²) in [5.41, 5.74) is 8.23. The van der Waals surface area contributed by atoms with E-state index in [1.54, 1.807) is 0 Å². The van der Waals surface area contributed by atoms with Crippen LogP contribution in [0.5, 0.6) is 5.75 Å². The number of primary amides is 1. The number of hydrogen-bond acceptors (Lipinski definition) is 5. The van der Waals surface area contributed by atoms with Gasteiger partial charge in [0.1, 0.15) is 17.7 Å². The molecule has 0 bridgehead atoms. The molecule has 3 aromatic rings. The highest BCUT2D eigenvalue weighted by Gasteiger charge is 2.39. The highest BCUT2D eigenvalue weighted by molar-refractivity contribution is 6.33. The summed E-state index contributed by atoms with van der Waals surface area (Å²) >= 11 is 6.52. The van der Waals surface area contributed by atoms with Crippen molar-refractivity contribution in [3.8, 4) is 17.0 Å². The van der Waals surface area contributed by atoms with Crippen LogP contribution < -0.4 is 10.5 Å². The van der Waals surface area contributed by atoms with E-state index in [-0.39, 0.29) is 40.8 Å². The van der Waals surface area contributed by atoms with Gasteiger partial charge in [-0.15, -0.1) is 0 Å². The molecule has 4 N–H and O–H groups in total. The molecular formula is C29H35ClF3N3O4. The highest BCUT2D eigenvalue weighted by Crippen LogP contribution is 2.40. The molecule has 0 saturated heterocycles. The molecule has 0 aliphatic carbocycles. The van der Waals surface area contributed by atoms with Gasteiger partial charge in [0, 0.05) is 30.5 Å². The number of aliphatic hydroxyl groups excluding tert-OH is 2. The number of imidazole rings is 1. The van der Waals surface area contributed by atoms with E-state index >= 15 is 0 Å². The third-order valence-electron chi connectivity index (χ3n) is 6.84. The van der Waals surface area contributed by atoms with Crippen LogP contribution in [0, 0.1) is 5.92 Å². The third kappa shape index (κ3) is 7.16. The van der Waals surface area contributed by atoms with Gasteiger partial charge in [0.15, 0.2) is 6.10 Å². The van der Waals surface area contributed by atoms with E-state index < -0.39 is 30.2 Å². The number of nitrogens with zero attached hydrogens (tertiary/aromatic N) is 2. The summed E-state index contributed by atoms with van der Waals surface area (Å²) in [5, 5.41) is 20.2. The lowest BCUT2D eigenvalue weighted by Crippen LogP contribution is -2.31. The summed E-state index contributed by atoms with van der Waals surface area (Å²) in [7, 11) is 0. The predicted octanol–water partition coefficient (Wildman–Crippen LogP) is 6.05. The van der Waals surface area contributed by atoms with Crippen LogP contribution in [0.3, 0.4) is 0 Å². The minimum Gasteiger partial charge on any atom is -0.480 e. The Hall–Kier alpha value is -3.08. The normalized spacial score (nSPS) is 14.3. The summed E-state index contributed by atoms with van der Waals surface area (Å²) < 4.78 is 46.4. The van der Waals surface area contributed by atoms with Gasteiger partial charge in [-0.05, 0) is 61.8 Å². The van der Waals surface area contributed by atoms with Crippen molar-refractivity contribution in [2.24, 2.45) is 11.7 Å². The van der Waals surface area contributed by atoms with Gasteiger partial charge >= 0.3 is 6.18 Å². The number of carbonyl (C=O) groups excluding carboxylic acids is 1. The Balaban J connectivity index is 1.94. The molecule has 3 rings (SSSR count). The molecule has 2 aromatic carbocycles. The number of hydrogen-bond donors (Lipinski definition) is 3. The van der Waals surface area contributed by atoms with Crippen LogP contribution in [0.2, 0.25) is 5.02 Å². The Kier molecular flexibility index (Phi) is 10.3. The first-order chi connectivity index (χ1) is 18.8. The van der Waals surface area contributed by atoms with Gasteiger partial charge in [-0.1, -0.05) is 49.7 Å². The van der Waals surface area contributed by atoms with Crippen molar-refractivity contribution in [3.05, 3.63) is 70.1 Å². The van der Waals surface area contributed by atoms with Crippen molar-refractivity contribution in [2.75, 3.05) is 6.61 Å². The number of nitrogens with two attached hydrogens (primary N) is 1. The smallest absolute Gasteiger partial charge is 0.425 e. The molecule has 11 heteroatoms. The zero-order valence-electron chi connectivity index (χ0n) is 22.9. The predicted molar refractivity (Wildman–Crippen MR) is 147 cm³/mol. The number of rotatable bonds is 12. The second kappa shape index (κ2) is 13.1. The fourth-order valence-corrected chi connectivity index (χ4v) is 4.86. The van der Waals surface area contributed by atoms with Gasteiger partial charge in [-0.3, -0.25) is 4.79 Å². The van der Waals surface area contributed by atoms with Crippen molar-refractivity contribution < 1.29 is 32.9 Å². The number of aromatic nitrogens is 2. The maximum Gasteiger partial charge on any atom is 0.425 e. The number of aliphatic hydroxyl groups is 2. The van der Waals surface area contributed by atoms with E-state index in [1.807, 2.05) is 55.8 Å². The van der Waals surface area contributed by atoms with Gasteiger partial charge in [-0.25, -0.2) is 4.98 Å². The molecule has 0 aliphatic rings. The summed E-state index contributed by atoms with van der Waals surface area (Å²) in [6.45, 7) is 7.08. The highest BCUT2D eigenvalue weighted by atomic mass is 35.5. The molecule has 0 spiro atoms. The van der Waals surface area contributed by atoms with Gasteiger partial charge in [-0.2, -0.15) is 13.2 Å². The van der Waals surface area contributed by atoms with E-state index in [4.69, 9.17) is 22.1 Å². The molecule has 0 saturated carbocycles. The minimum atomic E-state index is -4.61. The van der Waals surface area contributed by atoms with Crippen molar-refractivity contribution >= 4 is 17.5 Å². The number of ether oxygens (including phenoxy) is 1. The maximum absolute atomic E-state index is 13.1. The third-order valence-corrected chi connectivity index (χ3v) is 7.23. The van der Waals surface area contributed by atoms with E-state index in [0.717, 1.165) is 18.1 Å². The first kappa shape index (κ1) is 31.4. The topological polar surface area (TPSA) is 111 Å². The lowest BCUT2D eigenvalue weighted by molar-refractivity contribution is -0.189. The van der Waals surface area contributed by atoms with Crippen LogP contribution in [0.15, 0.2) is 42.6 Å². The van der Waals surface area contributed by atoms with Crippen LogP contribution in [-0.2, 0) is 13.0 Å². The average Bonchev–Trinajstić information content (AvgIpc) is 3.33. The van der Waals surface area contributed by atoms with Crippen LogP contribution in [0.4, 0.5) is 13.2 Å². The molecular weight excluding hydrogens is 547 g/mol. The van der Waals surface area contributed by atoms with Crippen molar-refractivity contribution in [3.63, 3.8) is 0 Å². The van der Waals surface area contributed by atoms with Crippen LogP contribution in [-0.4, -0.2) is 44.6 Å². The van der Waals surface area contributed by atoms with Gasteiger partial charge in [0.25, 0.3) is 0 Å². The fraction of sp³-hybridized carbons (Fsp3) is 0.448. The number of amides is 1. The van der Waals surface area contributed by atoms with E-state index in [1.165, 1.54) is 12.1 Å². The van der Waals surface area contributed by atoms with Gasteiger partial charge in [0.05, 0.1) is 10.7 Å². The molecule has 3 unspecified atom stereocenters. The Bertz CT molecular complexity index is 1310. The summed E-state index contributed by atoms with van der Waals surface area (Å²) in [6.07, 6.45) is -5.05. The number of halogens is 4. The van der Waals surface area contributed by atoms with Crippen LogP contribution in [0.1, 0.15) is 73.4 Å². The second-order valence-electron chi connectivity index (χ2n) is 10.1. The Morgan fingerprint density at radius 2 is 1.80 bits per heavy atom. The Labute approximate surface area is 236 Å². The van der Waals surface area contributed by atoms with Gasteiger partial charge in [0.2, 0.25) is 5.91 Å². The zero-order chi connectivity index (χ0) is 29.8. The molecule has 7 nitrogen and oxygen atoms in total. The maximum atomic E-state index is 13.1. The molecule has 0 fully saturated rings. The molecule has 0 aliphatic heterocycles. The van der Waals surface area contributed by atoms with Crippen molar-refractivity contribution in [1.82, 2.24) is 9.55 Å². The summed E-state index contributed by atoms with van der Waals surface area (Å²) in [5.74, 6) is -0.964. The number of aryl methyl sites for hydroxylation is 1. The first-order valence-electron chi connectivity index (χ1n) is 13.1. The minimum absolute atomic E-state index is 0.00378. The summed E-state index contributed by atoms with van der Waals surface area (Å²) in [4.78, 5) is 16.9. The average molecular weight is 582 g/mol. The molecule has 0 radical (unpaired) electrons. The SMILES string of the molecule is CCn1cc(-c2ccc(CC(CCO)c3c(C(N)=O)ccc(OC(C)C(F)(F)F)c3Cl)cc2)nc1C(O)C(C)C. The van der Waals surface area contributed by atoms with Crippen LogP contribution >= 0.6 is 11.6 Å². The Morgan fingerprint density at radius 1 is 1.15 bits per heavy atom. The standard InChI is InChI=1S/C29H35ClF3N3O4/c1-5-36-15-22(35-28(36)26(38)16(2)3)19-8-6-18(7-9-19)14-20(12-13-37)24-21(27(34)39)10-11-23(25(24)30)40-17(4)29(31,32)33/h6-11,15-17,20,26,37-38H,5,12-14H2,1-4H3,(H2,34,39). The molecule has 3 atom stereocenters. The van der Waals surface area contributed by atoms with Crippen LogP contribution in [0.25, 0.3) is 11.3 Å². The van der Waals surface area contributed by atoms with Crippen molar-refractivity contribution in [2.45, 2.75) is 71.4 Å². The fourth-order valence-electron chi connectivity index (χ4n) is 4.49. The monoisotopic (exact) mass is 581 g/mol. The first-order valence-corrected chi connectivity index (χ1v) is 13.5. The molecule has 40 heavy (non-hydrogen) atoms. The van der Waals surface area contributed by atoms with E-state index in [0.29, 0.717) is 24.5 Å². The molecule has 1 aromatic heterocycles. The van der Waals surface area contributed by atoms with Gasteiger partial charge < -0.3 is 25.3 Å². The summed E-state index contributed by atoms with van der Waals surface area (Å²) in [6, 6.07) is 9.97. The molecule has 1 amide bonds. The quantitative estimate of drug-likeness (QED) is 0.241. The largest absolute Gasteiger partial charge is 0.480 e.